The molecule has 39 heavy (non-hydrogen) atoms. The molecular weight excluding hydrogens is 495 g/mol. The summed E-state index contributed by atoms with van der Waals surface area (Å²) >= 11 is 0. The molecule has 1 atom stereocenters. The van der Waals surface area contributed by atoms with E-state index in [-0.39, 0.29) is 11.9 Å². The zero-order valence-electron chi connectivity index (χ0n) is 22.7. The van der Waals surface area contributed by atoms with Crippen molar-refractivity contribution in [2.45, 2.75) is 32.4 Å². The molecular formula is C30H35FN6O2. The molecule has 8 nitrogen and oxygen atoms in total. The van der Waals surface area contributed by atoms with Crippen LogP contribution in [-0.2, 0) is 17.7 Å². The first-order chi connectivity index (χ1) is 19.1. The number of nitrogens with one attached hydrogen (secondary N) is 1. The number of rotatable bonds is 12. The first-order valence-electron chi connectivity index (χ1n) is 13.4. The molecule has 0 saturated heterocycles. The summed E-state index contributed by atoms with van der Waals surface area (Å²) in [5, 5.41) is 3.04. The van der Waals surface area contributed by atoms with Crippen LogP contribution in [0.1, 0.15) is 30.8 Å². The predicted molar refractivity (Wildman–Crippen MR) is 150 cm³/mol. The highest BCUT2D eigenvalue weighted by Gasteiger charge is 2.32. The summed E-state index contributed by atoms with van der Waals surface area (Å²) in [6.45, 7) is 5.68. The third kappa shape index (κ3) is 6.10. The Morgan fingerprint density at radius 1 is 1.13 bits per heavy atom. The minimum absolute atomic E-state index is 0.191. The molecule has 1 unspecified atom stereocenters. The Morgan fingerprint density at radius 2 is 1.97 bits per heavy atom. The van der Waals surface area contributed by atoms with E-state index in [2.05, 4.69) is 31.9 Å². The Bertz CT molecular complexity index is 1390. The van der Waals surface area contributed by atoms with Crippen LogP contribution in [0.2, 0.25) is 0 Å². The minimum Gasteiger partial charge on any atom is -0.494 e. The molecule has 0 fully saturated rings. The number of fused-ring (bicyclic) bond motifs is 1. The van der Waals surface area contributed by atoms with Crippen molar-refractivity contribution < 1.29 is 13.9 Å². The van der Waals surface area contributed by atoms with Gasteiger partial charge in [-0.25, -0.2) is 19.3 Å². The fourth-order valence-corrected chi connectivity index (χ4v) is 5.22. The summed E-state index contributed by atoms with van der Waals surface area (Å²) in [4.78, 5) is 16.6. The topological polar surface area (TPSA) is 77.3 Å². The van der Waals surface area contributed by atoms with Crippen molar-refractivity contribution >= 4 is 5.95 Å². The molecule has 4 aromatic rings. The molecule has 9 heteroatoms. The quantitative estimate of drug-likeness (QED) is 0.269. The van der Waals surface area contributed by atoms with E-state index < -0.39 is 0 Å². The number of nitrogens with zero attached hydrogens (tertiary/aromatic N) is 5. The molecule has 0 bridgehead atoms. The maximum Gasteiger partial charge on any atom is 0.222 e. The van der Waals surface area contributed by atoms with Crippen molar-refractivity contribution in [3.05, 3.63) is 78.0 Å². The standard InChI is InChI=1S/C30H35FN6O2/c1-4-39-25-7-5-6-21(18-25)19-36(16-17-38-3)20-24-12-13-27-35-28(22-8-10-23(31)11-9-22)29(37(24)27)26-14-15-33-30(32-2)34-26/h5-11,14-15,18,24H,4,12-13,16-17,19-20H2,1-3H3,(H,32,33,34). The lowest BCUT2D eigenvalue weighted by atomic mass is 10.1. The van der Waals surface area contributed by atoms with Gasteiger partial charge in [0.15, 0.2) is 0 Å². The fourth-order valence-electron chi connectivity index (χ4n) is 5.22. The maximum absolute atomic E-state index is 13.8. The molecule has 2 aromatic carbocycles. The highest BCUT2D eigenvalue weighted by atomic mass is 19.1. The summed E-state index contributed by atoms with van der Waals surface area (Å²) in [6.07, 6.45) is 3.59. The van der Waals surface area contributed by atoms with Crippen molar-refractivity contribution in [3.63, 3.8) is 0 Å². The summed E-state index contributed by atoms with van der Waals surface area (Å²) < 4.78 is 27.3. The zero-order chi connectivity index (χ0) is 27.2. The first kappa shape index (κ1) is 26.8. The average Bonchev–Trinajstić information content (AvgIpc) is 3.52. The third-order valence-electron chi connectivity index (χ3n) is 6.99. The minimum atomic E-state index is -0.272. The van der Waals surface area contributed by atoms with E-state index in [1.54, 1.807) is 32.5 Å². The highest BCUT2D eigenvalue weighted by molar-refractivity contribution is 5.78. The molecule has 0 saturated carbocycles. The van der Waals surface area contributed by atoms with Gasteiger partial charge in [-0.3, -0.25) is 4.90 Å². The number of methoxy groups -OCH3 is 1. The van der Waals surface area contributed by atoms with Gasteiger partial charge in [0.05, 0.1) is 30.3 Å². The van der Waals surface area contributed by atoms with Crippen LogP contribution in [0.15, 0.2) is 60.8 Å². The van der Waals surface area contributed by atoms with Gasteiger partial charge >= 0.3 is 0 Å². The van der Waals surface area contributed by atoms with E-state index in [1.807, 2.05) is 25.1 Å². The Balaban J connectivity index is 1.51. The van der Waals surface area contributed by atoms with E-state index in [0.29, 0.717) is 19.2 Å². The van der Waals surface area contributed by atoms with Crippen LogP contribution >= 0.6 is 0 Å². The molecule has 1 N–H and O–H groups in total. The summed E-state index contributed by atoms with van der Waals surface area (Å²) in [5.41, 5.74) is 4.58. The number of ether oxygens (including phenoxy) is 2. The first-order valence-corrected chi connectivity index (χ1v) is 13.4. The van der Waals surface area contributed by atoms with Crippen LogP contribution < -0.4 is 10.1 Å². The molecule has 5 rings (SSSR count). The molecule has 0 aliphatic carbocycles. The van der Waals surface area contributed by atoms with Crippen LogP contribution in [0.5, 0.6) is 5.75 Å². The Labute approximate surface area is 228 Å². The lowest BCUT2D eigenvalue weighted by molar-refractivity contribution is 0.134. The molecule has 1 aliphatic rings. The number of benzene rings is 2. The second kappa shape index (κ2) is 12.4. The van der Waals surface area contributed by atoms with E-state index in [4.69, 9.17) is 19.4 Å². The molecule has 0 radical (unpaired) electrons. The van der Waals surface area contributed by atoms with Gasteiger partial charge in [-0.05, 0) is 61.4 Å². The van der Waals surface area contributed by atoms with E-state index in [9.17, 15) is 4.39 Å². The predicted octanol–water partition coefficient (Wildman–Crippen LogP) is 5.22. The van der Waals surface area contributed by atoms with Crippen molar-refractivity contribution in [2.24, 2.45) is 0 Å². The maximum atomic E-state index is 13.8. The summed E-state index contributed by atoms with van der Waals surface area (Å²) in [6, 6.07) is 16.9. The van der Waals surface area contributed by atoms with Gasteiger partial charge in [0.2, 0.25) is 5.95 Å². The molecule has 2 aromatic heterocycles. The van der Waals surface area contributed by atoms with Gasteiger partial charge in [-0.1, -0.05) is 12.1 Å². The van der Waals surface area contributed by atoms with Gasteiger partial charge < -0.3 is 19.4 Å². The molecule has 204 valence electrons. The molecule has 1 aliphatic heterocycles. The van der Waals surface area contributed by atoms with Gasteiger partial charge in [0.25, 0.3) is 0 Å². The van der Waals surface area contributed by atoms with Crippen LogP contribution in [0.3, 0.4) is 0 Å². The summed E-state index contributed by atoms with van der Waals surface area (Å²) in [7, 11) is 3.54. The second-order valence-corrected chi connectivity index (χ2v) is 9.62. The largest absolute Gasteiger partial charge is 0.494 e. The zero-order valence-corrected chi connectivity index (χ0v) is 22.7. The van der Waals surface area contributed by atoms with Crippen LogP contribution in [0, 0.1) is 5.82 Å². The van der Waals surface area contributed by atoms with Gasteiger partial charge in [0.1, 0.15) is 17.4 Å². The summed E-state index contributed by atoms with van der Waals surface area (Å²) in [5.74, 6) is 2.17. The fraction of sp³-hybridized carbons (Fsp3) is 0.367. The van der Waals surface area contributed by atoms with Crippen molar-refractivity contribution in [1.82, 2.24) is 24.4 Å². The van der Waals surface area contributed by atoms with E-state index in [1.165, 1.54) is 17.7 Å². The van der Waals surface area contributed by atoms with E-state index in [0.717, 1.165) is 66.7 Å². The number of aromatic nitrogens is 4. The number of halogens is 1. The molecule has 0 spiro atoms. The van der Waals surface area contributed by atoms with Gasteiger partial charge in [-0.2, -0.15) is 0 Å². The van der Waals surface area contributed by atoms with Crippen molar-refractivity contribution in [3.8, 4) is 28.4 Å². The normalized spacial score (nSPS) is 14.5. The Hall–Kier alpha value is -3.82. The number of hydrogen-bond acceptors (Lipinski definition) is 7. The third-order valence-corrected chi connectivity index (χ3v) is 6.99. The van der Waals surface area contributed by atoms with E-state index >= 15 is 0 Å². The SMILES string of the molecule is CCOc1cccc(CN(CCOC)CC2CCc3nc(-c4ccc(F)cc4)c(-c4ccnc(NC)n4)n32)c1. The lowest BCUT2D eigenvalue weighted by Crippen LogP contribution is -2.32. The number of hydrogen-bond donors (Lipinski definition) is 1. The second-order valence-electron chi connectivity index (χ2n) is 9.62. The van der Waals surface area contributed by atoms with Crippen molar-refractivity contribution in [2.75, 3.05) is 45.8 Å². The van der Waals surface area contributed by atoms with Crippen molar-refractivity contribution in [1.29, 1.82) is 0 Å². The number of anilines is 1. The lowest BCUT2D eigenvalue weighted by Gasteiger charge is -2.27. The Kier molecular flexibility index (Phi) is 8.48. The highest BCUT2D eigenvalue weighted by Crippen LogP contribution is 2.39. The number of imidazole rings is 1. The molecule has 0 amide bonds. The smallest absolute Gasteiger partial charge is 0.222 e. The molecule has 3 heterocycles. The van der Waals surface area contributed by atoms with Crippen LogP contribution in [0.25, 0.3) is 22.6 Å². The van der Waals surface area contributed by atoms with Gasteiger partial charge in [0, 0.05) is 58.0 Å². The number of aryl methyl sites for hydroxylation is 1. The Morgan fingerprint density at radius 3 is 2.74 bits per heavy atom. The monoisotopic (exact) mass is 530 g/mol. The van der Waals surface area contributed by atoms with Crippen LogP contribution in [-0.4, -0.2) is 64.9 Å². The van der Waals surface area contributed by atoms with Crippen LogP contribution in [0.4, 0.5) is 10.3 Å². The average molecular weight is 531 g/mol. The van der Waals surface area contributed by atoms with Gasteiger partial charge in [-0.15, -0.1) is 0 Å².